The van der Waals surface area contributed by atoms with Crippen molar-refractivity contribution >= 4 is 34.9 Å². The summed E-state index contributed by atoms with van der Waals surface area (Å²) >= 11 is 12.3. The average molecular weight is 568 g/mol. The van der Waals surface area contributed by atoms with Crippen LogP contribution >= 0.6 is 23.2 Å². The summed E-state index contributed by atoms with van der Waals surface area (Å²) in [7, 11) is 0. The highest BCUT2D eigenvalue weighted by atomic mass is 35.5. The van der Waals surface area contributed by atoms with Gasteiger partial charge in [-0.15, -0.1) is 0 Å². The highest BCUT2D eigenvalue weighted by Gasteiger charge is 2.49. The van der Waals surface area contributed by atoms with Crippen LogP contribution in [0.2, 0.25) is 10.0 Å². The van der Waals surface area contributed by atoms with E-state index in [-0.39, 0.29) is 11.4 Å². The molecule has 38 heavy (non-hydrogen) atoms. The lowest BCUT2D eigenvalue weighted by molar-refractivity contribution is -0.158. The lowest BCUT2D eigenvalue weighted by Gasteiger charge is -2.52. The molecule has 1 aliphatic carbocycles. The van der Waals surface area contributed by atoms with Crippen LogP contribution in [0.4, 0.5) is 14.5 Å². The molecule has 2 aliphatic heterocycles. The first-order valence-electron chi connectivity index (χ1n) is 13.2. The van der Waals surface area contributed by atoms with Crippen molar-refractivity contribution in [1.82, 2.24) is 9.88 Å². The standard InChI is InChI=1S/C28H33Cl2F2N3O3/c1-16(22-6-5-19(29)8-23(22)30)38-24-9-20(12-33-25(24)26(31)32)35-14-18(15-35)17-4-3-7-34(13-17)21-10-28(2,11-21)27(36)37/h5-6,8-9,12,16-18,21,26H,3-4,7,10-11,13-15H2,1-2H3,(H,36,37)/t16-,17+,21?,28?/m1/s1. The summed E-state index contributed by atoms with van der Waals surface area (Å²) in [6, 6.07) is 7.03. The highest BCUT2D eigenvalue weighted by Crippen LogP contribution is 2.46. The molecule has 1 saturated carbocycles. The van der Waals surface area contributed by atoms with Crippen LogP contribution in [-0.4, -0.2) is 53.2 Å². The van der Waals surface area contributed by atoms with Crippen molar-refractivity contribution in [2.24, 2.45) is 17.3 Å². The van der Waals surface area contributed by atoms with Crippen molar-refractivity contribution < 1.29 is 23.4 Å². The number of carboxylic acids is 1. The number of benzene rings is 1. The van der Waals surface area contributed by atoms with Crippen molar-refractivity contribution in [2.75, 3.05) is 31.1 Å². The number of rotatable bonds is 8. The summed E-state index contributed by atoms with van der Waals surface area (Å²) in [5.41, 5.74) is 0.444. The summed E-state index contributed by atoms with van der Waals surface area (Å²) in [6.45, 7) is 7.30. The molecule has 3 fully saturated rings. The molecule has 2 atom stereocenters. The molecular formula is C28H33Cl2F2N3O3. The topological polar surface area (TPSA) is 65.9 Å². The minimum Gasteiger partial charge on any atom is -0.484 e. The van der Waals surface area contributed by atoms with E-state index in [1.54, 1.807) is 31.2 Å². The maximum absolute atomic E-state index is 13.7. The Bertz CT molecular complexity index is 1190. The lowest BCUT2D eigenvalue weighted by atomic mass is 9.65. The Hall–Kier alpha value is -2.16. The van der Waals surface area contributed by atoms with E-state index in [9.17, 15) is 18.7 Å². The number of aromatic nitrogens is 1. The normalized spacial score (nSPS) is 27.1. The number of anilines is 1. The SMILES string of the molecule is C[C@@H](Oc1cc(N2CC([C@H]3CCCN(C4CC(C)(C(=O)O)C4)C3)C2)cnc1C(F)F)c1ccc(Cl)cc1Cl. The fourth-order valence-corrected chi connectivity index (χ4v) is 6.71. The van der Waals surface area contributed by atoms with Gasteiger partial charge in [-0.05, 0) is 70.0 Å². The summed E-state index contributed by atoms with van der Waals surface area (Å²) in [5.74, 6) is 0.412. The van der Waals surface area contributed by atoms with Gasteiger partial charge in [-0.2, -0.15) is 0 Å². The van der Waals surface area contributed by atoms with Crippen LogP contribution in [-0.2, 0) is 4.79 Å². The first kappa shape index (κ1) is 27.4. The number of ether oxygens (including phenoxy) is 1. The molecule has 0 unspecified atom stereocenters. The van der Waals surface area contributed by atoms with E-state index in [1.165, 1.54) is 6.20 Å². The fraction of sp³-hybridized carbons (Fsp3) is 0.571. The number of likely N-dealkylation sites (tertiary alicyclic amines) is 1. The zero-order chi connectivity index (χ0) is 27.2. The predicted molar refractivity (Wildman–Crippen MR) is 143 cm³/mol. The number of carbonyl (C=O) groups is 1. The number of halogens is 4. The van der Waals surface area contributed by atoms with Crippen LogP contribution < -0.4 is 9.64 Å². The monoisotopic (exact) mass is 567 g/mol. The maximum atomic E-state index is 13.7. The molecule has 0 spiro atoms. The van der Waals surface area contributed by atoms with E-state index < -0.39 is 23.9 Å². The molecule has 206 valence electrons. The number of pyridine rings is 1. The molecule has 0 amide bonds. The Morgan fingerprint density at radius 3 is 2.58 bits per heavy atom. The van der Waals surface area contributed by atoms with Gasteiger partial charge in [0.1, 0.15) is 17.5 Å². The summed E-state index contributed by atoms with van der Waals surface area (Å²) in [5, 5.41) is 10.3. The second kappa shape index (κ2) is 10.8. The predicted octanol–water partition coefficient (Wildman–Crippen LogP) is 6.87. The van der Waals surface area contributed by atoms with Gasteiger partial charge in [-0.25, -0.2) is 13.8 Å². The molecule has 6 nitrogen and oxygen atoms in total. The van der Waals surface area contributed by atoms with Crippen LogP contribution in [0.1, 0.15) is 63.3 Å². The molecule has 2 saturated heterocycles. The number of alkyl halides is 2. The Morgan fingerprint density at radius 2 is 1.92 bits per heavy atom. The smallest absolute Gasteiger partial charge is 0.309 e. The first-order chi connectivity index (χ1) is 18.0. The third-order valence-corrected chi connectivity index (χ3v) is 9.18. The van der Waals surface area contributed by atoms with Gasteiger partial charge in [-0.3, -0.25) is 4.79 Å². The van der Waals surface area contributed by atoms with E-state index in [1.807, 2.05) is 6.92 Å². The number of hydrogen-bond donors (Lipinski definition) is 1. The molecule has 0 bridgehead atoms. The summed E-state index contributed by atoms with van der Waals surface area (Å²) in [6.07, 6.45) is 1.88. The van der Waals surface area contributed by atoms with Gasteiger partial charge in [0.25, 0.3) is 6.43 Å². The molecule has 3 aliphatic rings. The quantitative estimate of drug-likeness (QED) is 0.375. The highest BCUT2D eigenvalue weighted by molar-refractivity contribution is 6.35. The number of carboxylic acid groups (broad SMARTS) is 1. The van der Waals surface area contributed by atoms with E-state index >= 15 is 0 Å². The second-order valence-electron chi connectivity index (χ2n) is 11.3. The van der Waals surface area contributed by atoms with Crippen molar-refractivity contribution in [3.05, 3.63) is 51.8 Å². The van der Waals surface area contributed by atoms with Crippen molar-refractivity contribution in [2.45, 2.75) is 58.1 Å². The third-order valence-electron chi connectivity index (χ3n) is 8.61. The molecule has 0 radical (unpaired) electrons. The van der Waals surface area contributed by atoms with Crippen LogP contribution in [0, 0.1) is 17.3 Å². The number of hydrogen-bond acceptors (Lipinski definition) is 5. The van der Waals surface area contributed by atoms with Gasteiger partial charge in [0, 0.05) is 47.4 Å². The third kappa shape index (κ3) is 5.45. The van der Waals surface area contributed by atoms with E-state index in [0.717, 1.165) is 57.5 Å². The Labute approximate surface area is 231 Å². The van der Waals surface area contributed by atoms with Crippen LogP contribution in [0.15, 0.2) is 30.5 Å². The number of nitrogens with zero attached hydrogens (tertiary/aromatic N) is 3. The molecule has 1 aromatic heterocycles. The van der Waals surface area contributed by atoms with Gasteiger partial charge >= 0.3 is 5.97 Å². The van der Waals surface area contributed by atoms with Crippen LogP contribution in [0.3, 0.4) is 0 Å². The minimum atomic E-state index is -2.77. The minimum absolute atomic E-state index is 0.0507. The maximum Gasteiger partial charge on any atom is 0.309 e. The van der Waals surface area contributed by atoms with E-state index in [2.05, 4.69) is 14.8 Å². The van der Waals surface area contributed by atoms with Gasteiger partial charge in [0.2, 0.25) is 0 Å². The van der Waals surface area contributed by atoms with Gasteiger partial charge in [0.15, 0.2) is 0 Å². The van der Waals surface area contributed by atoms with E-state index in [0.29, 0.717) is 33.5 Å². The van der Waals surface area contributed by atoms with Gasteiger partial charge in [-0.1, -0.05) is 29.3 Å². The Morgan fingerprint density at radius 1 is 1.18 bits per heavy atom. The zero-order valence-corrected chi connectivity index (χ0v) is 23.1. The van der Waals surface area contributed by atoms with Gasteiger partial charge in [0.05, 0.1) is 17.3 Å². The lowest BCUT2D eigenvalue weighted by Crippen LogP contribution is -2.58. The molecule has 2 aromatic rings. The average Bonchev–Trinajstić information content (AvgIpc) is 2.81. The Kier molecular flexibility index (Phi) is 7.77. The molecule has 3 heterocycles. The Balaban J connectivity index is 1.22. The first-order valence-corrected chi connectivity index (χ1v) is 13.9. The molecule has 10 heteroatoms. The van der Waals surface area contributed by atoms with Crippen molar-refractivity contribution in [1.29, 1.82) is 0 Å². The molecule has 5 rings (SSSR count). The number of piperidine rings is 1. The summed E-state index contributed by atoms with van der Waals surface area (Å²) in [4.78, 5) is 20.2. The number of aliphatic carboxylic acids is 1. The van der Waals surface area contributed by atoms with Crippen molar-refractivity contribution in [3.63, 3.8) is 0 Å². The van der Waals surface area contributed by atoms with Crippen LogP contribution in [0.25, 0.3) is 0 Å². The van der Waals surface area contributed by atoms with Crippen molar-refractivity contribution in [3.8, 4) is 5.75 Å². The molecule has 1 aromatic carbocycles. The largest absolute Gasteiger partial charge is 0.484 e. The molecular weight excluding hydrogens is 535 g/mol. The second-order valence-corrected chi connectivity index (χ2v) is 12.1. The van der Waals surface area contributed by atoms with E-state index in [4.69, 9.17) is 27.9 Å². The fourth-order valence-electron chi connectivity index (χ4n) is 6.15. The zero-order valence-electron chi connectivity index (χ0n) is 21.5. The van der Waals surface area contributed by atoms with Crippen LogP contribution in [0.5, 0.6) is 5.75 Å². The molecule has 1 N–H and O–H groups in total. The van der Waals surface area contributed by atoms with Gasteiger partial charge < -0.3 is 19.6 Å². The summed E-state index contributed by atoms with van der Waals surface area (Å²) < 4.78 is 33.4.